The average molecular weight is 346 g/mol. The molecule has 1 saturated heterocycles. The van der Waals surface area contributed by atoms with Crippen molar-refractivity contribution in [3.63, 3.8) is 0 Å². The van der Waals surface area contributed by atoms with E-state index < -0.39 is 28.0 Å². The monoisotopic (exact) mass is 345 g/mol. The zero-order valence-corrected chi connectivity index (χ0v) is 13.6. The molecule has 0 bridgehead atoms. The summed E-state index contributed by atoms with van der Waals surface area (Å²) in [6.45, 7) is 2.63. The van der Waals surface area contributed by atoms with Crippen LogP contribution in [0, 0.1) is 0 Å². The Morgan fingerprint density at radius 2 is 2.09 bits per heavy atom. The van der Waals surface area contributed by atoms with Crippen LogP contribution in [0.5, 0.6) is 0 Å². The number of piperazine rings is 1. The van der Waals surface area contributed by atoms with Crippen molar-refractivity contribution in [2.75, 3.05) is 19.6 Å². The van der Waals surface area contributed by atoms with Crippen LogP contribution < -0.4 is 5.32 Å². The molecule has 2 aliphatic heterocycles. The fourth-order valence-corrected chi connectivity index (χ4v) is 3.67. The number of hydrogen-bond acceptors (Lipinski definition) is 5. The van der Waals surface area contributed by atoms with Gasteiger partial charge in [0.15, 0.2) is 0 Å². The highest BCUT2D eigenvalue weighted by Gasteiger charge is 2.41. The van der Waals surface area contributed by atoms with Crippen molar-refractivity contribution in [3.05, 3.63) is 11.5 Å². The van der Waals surface area contributed by atoms with Crippen LogP contribution >= 0.6 is 23.4 Å². The molecule has 0 spiro atoms. The molecule has 1 unspecified atom stereocenters. The number of imide groups is 1. The summed E-state index contributed by atoms with van der Waals surface area (Å²) in [6.07, 6.45) is 2.18. The second-order valence-electron chi connectivity index (χ2n) is 4.99. The smallest absolute Gasteiger partial charge is 0.325 e. The third kappa shape index (κ3) is 3.44. The van der Waals surface area contributed by atoms with Crippen molar-refractivity contribution < 1.29 is 19.2 Å². The average Bonchev–Trinajstić information content (AvgIpc) is 2.88. The van der Waals surface area contributed by atoms with Crippen LogP contribution in [0.4, 0.5) is 4.79 Å². The van der Waals surface area contributed by atoms with Crippen molar-refractivity contribution in [1.29, 1.82) is 0 Å². The second-order valence-corrected chi connectivity index (χ2v) is 6.70. The molecule has 7 nitrogen and oxygen atoms in total. The number of carbonyl (C=O) groups is 4. The molecular formula is C13H16ClN3O4S. The number of amides is 4. The van der Waals surface area contributed by atoms with Crippen LogP contribution in [0.3, 0.4) is 0 Å². The van der Waals surface area contributed by atoms with Gasteiger partial charge in [-0.1, -0.05) is 6.08 Å². The van der Waals surface area contributed by atoms with Gasteiger partial charge in [0.25, 0.3) is 0 Å². The maximum absolute atomic E-state index is 12.3. The molecular weight excluding hydrogens is 330 g/mol. The predicted molar refractivity (Wildman–Crippen MR) is 82.1 cm³/mol. The first-order chi connectivity index (χ1) is 10.4. The molecule has 1 atom stereocenters. The molecule has 0 aromatic carbocycles. The molecule has 0 aliphatic carbocycles. The SMILES string of the molecule is CCN1CCN(C(=O)NC2(CC(=O)Cl)CC=CS2)C(=O)C1=O. The summed E-state index contributed by atoms with van der Waals surface area (Å²) < 4.78 is 0. The fourth-order valence-electron chi connectivity index (χ4n) is 2.36. The molecule has 120 valence electrons. The largest absolute Gasteiger partial charge is 0.333 e. The lowest BCUT2D eigenvalue weighted by Gasteiger charge is -2.35. The molecule has 4 amide bonds. The van der Waals surface area contributed by atoms with E-state index in [0.717, 1.165) is 4.90 Å². The Morgan fingerprint density at radius 1 is 1.36 bits per heavy atom. The Hall–Kier alpha value is -1.54. The van der Waals surface area contributed by atoms with E-state index in [4.69, 9.17) is 11.6 Å². The molecule has 2 heterocycles. The summed E-state index contributed by atoms with van der Waals surface area (Å²) in [4.78, 5) is 48.7. The standard InChI is InChI=1S/C13H16ClN3O4S/c1-2-16-5-6-17(11(20)10(16)19)12(21)15-13(8-9(14)18)4-3-7-22-13/h3,7H,2,4-6,8H2,1H3,(H,15,21). The molecule has 22 heavy (non-hydrogen) atoms. The van der Waals surface area contributed by atoms with Gasteiger partial charge in [0, 0.05) is 19.6 Å². The van der Waals surface area contributed by atoms with E-state index >= 15 is 0 Å². The molecule has 2 aliphatic rings. The number of nitrogens with zero attached hydrogens (tertiary/aromatic N) is 2. The number of carbonyl (C=O) groups excluding carboxylic acids is 4. The van der Waals surface area contributed by atoms with E-state index in [-0.39, 0.29) is 13.0 Å². The van der Waals surface area contributed by atoms with E-state index in [2.05, 4.69) is 5.32 Å². The van der Waals surface area contributed by atoms with Crippen molar-refractivity contribution in [2.45, 2.75) is 24.6 Å². The molecule has 0 radical (unpaired) electrons. The lowest BCUT2D eigenvalue weighted by Crippen LogP contribution is -2.60. The van der Waals surface area contributed by atoms with Crippen molar-refractivity contribution in [3.8, 4) is 0 Å². The second kappa shape index (κ2) is 6.70. The maximum Gasteiger partial charge on any atom is 0.325 e. The highest BCUT2D eigenvalue weighted by molar-refractivity contribution is 8.03. The van der Waals surface area contributed by atoms with Gasteiger partial charge in [-0.25, -0.2) is 4.79 Å². The number of nitrogens with one attached hydrogen (secondary N) is 1. The number of hydrogen-bond donors (Lipinski definition) is 1. The quantitative estimate of drug-likeness (QED) is 0.604. The summed E-state index contributed by atoms with van der Waals surface area (Å²) in [5.74, 6) is -1.54. The van der Waals surface area contributed by atoms with Gasteiger partial charge in [0.2, 0.25) is 5.24 Å². The van der Waals surface area contributed by atoms with E-state index in [0.29, 0.717) is 19.5 Å². The Labute approximate surface area is 137 Å². The van der Waals surface area contributed by atoms with Crippen LogP contribution in [0.2, 0.25) is 0 Å². The van der Waals surface area contributed by atoms with Crippen molar-refractivity contribution >= 4 is 46.5 Å². The highest BCUT2D eigenvalue weighted by Crippen LogP contribution is 2.37. The summed E-state index contributed by atoms with van der Waals surface area (Å²) in [5.41, 5.74) is 0. The third-order valence-electron chi connectivity index (χ3n) is 3.53. The van der Waals surface area contributed by atoms with Crippen LogP contribution in [-0.4, -0.2) is 57.4 Å². The van der Waals surface area contributed by atoms with Gasteiger partial charge >= 0.3 is 17.8 Å². The minimum Gasteiger partial charge on any atom is -0.333 e. The van der Waals surface area contributed by atoms with Gasteiger partial charge in [0.1, 0.15) is 4.87 Å². The topological polar surface area (TPSA) is 86.8 Å². The number of likely N-dealkylation sites (N-methyl/N-ethyl adjacent to an activating group) is 1. The summed E-state index contributed by atoms with van der Waals surface area (Å²) in [5, 5.41) is 3.86. The van der Waals surface area contributed by atoms with Crippen LogP contribution in [0.1, 0.15) is 19.8 Å². The van der Waals surface area contributed by atoms with Gasteiger partial charge in [-0.2, -0.15) is 0 Å². The minimum absolute atomic E-state index is 0.0605. The van der Waals surface area contributed by atoms with Crippen molar-refractivity contribution in [1.82, 2.24) is 15.1 Å². The first-order valence-corrected chi connectivity index (χ1v) is 8.08. The minimum atomic E-state index is -0.888. The number of rotatable bonds is 4. The summed E-state index contributed by atoms with van der Waals surface area (Å²) >= 11 is 6.70. The molecule has 2 rings (SSSR count). The number of urea groups is 1. The molecule has 9 heteroatoms. The highest BCUT2D eigenvalue weighted by atomic mass is 35.5. The van der Waals surface area contributed by atoms with Gasteiger partial charge in [-0.3, -0.25) is 19.3 Å². The first-order valence-electron chi connectivity index (χ1n) is 6.82. The molecule has 1 fully saturated rings. The lowest BCUT2D eigenvalue weighted by atomic mass is 10.1. The van der Waals surface area contributed by atoms with Crippen molar-refractivity contribution in [2.24, 2.45) is 0 Å². The van der Waals surface area contributed by atoms with Crippen LogP contribution in [-0.2, 0) is 14.4 Å². The first kappa shape index (κ1) is 16.8. The molecule has 1 N–H and O–H groups in total. The van der Waals surface area contributed by atoms with Gasteiger partial charge < -0.3 is 10.2 Å². The normalized spacial score (nSPS) is 24.8. The fraction of sp³-hybridized carbons (Fsp3) is 0.538. The maximum atomic E-state index is 12.3. The van der Waals surface area contributed by atoms with E-state index in [9.17, 15) is 19.2 Å². The zero-order valence-electron chi connectivity index (χ0n) is 12.0. The van der Waals surface area contributed by atoms with Gasteiger partial charge in [0.05, 0.1) is 6.42 Å². The zero-order chi connectivity index (χ0) is 16.3. The van der Waals surface area contributed by atoms with E-state index in [1.54, 1.807) is 12.3 Å². The van der Waals surface area contributed by atoms with Crippen LogP contribution in [0.25, 0.3) is 0 Å². The Morgan fingerprint density at radius 3 is 2.64 bits per heavy atom. The number of thioether (sulfide) groups is 1. The Bertz CT molecular complexity index is 543. The summed E-state index contributed by atoms with van der Waals surface area (Å²) in [6, 6.07) is -0.678. The third-order valence-corrected chi connectivity index (χ3v) is 4.86. The predicted octanol–water partition coefficient (Wildman–Crippen LogP) is 0.889. The Balaban J connectivity index is 2.06. The van der Waals surface area contributed by atoms with Gasteiger partial charge in [-0.15, -0.1) is 11.8 Å². The Kier molecular flexibility index (Phi) is 5.12. The van der Waals surface area contributed by atoms with Gasteiger partial charge in [-0.05, 0) is 30.4 Å². The van der Waals surface area contributed by atoms with E-state index in [1.807, 2.05) is 6.08 Å². The lowest BCUT2D eigenvalue weighted by molar-refractivity contribution is -0.153. The molecule has 0 aromatic rings. The summed E-state index contributed by atoms with van der Waals surface area (Å²) in [7, 11) is 0. The number of halogens is 1. The van der Waals surface area contributed by atoms with E-state index in [1.165, 1.54) is 16.7 Å². The molecule has 0 aromatic heterocycles. The molecule has 0 saturated carbocycles. The van der Waals surface area contributed by atoms with Crippen LogP contribution in [0.15, 0.2) is 11.5 Å².